The molecule has 35 heavy (non-hydrogen) atoms. The van der Waals surface area contributed by atoms with Gasteiger partial charge in [0.15, 0.2) is 6.04 Å². The highest BCUT2D eigenvalue weighted by molar-refractivity contribution is 7.87. The number of rotatable bonds is 13. The molecule has 6 atom stereocenters. The fourth-order valence-electron chi connectivity index (χ4n) is 6.74. The summed E-state index contributed by atoms with van der Waals surface area (Å²) < 4.78 is 30.8. The number of aliphatic carboxylic acids is 1. The fourth-order valence-corrected chi connectivity index (χ4v) is 7.98. The minimum atomic E-state index is -4.17. The summed E-state index contributed by atoms with van der Waals surface area (Å²) in [6, 6.07) is -1.95. The van der Waals surface area contributed by atoms with Gasteiger partial charge < -0.3 is 15.9 Å². The summed E-state index contributed by atoms with van der Waals surface area (Å²) in [5.41, 5.74) is 5.80. The number of aliphatic hydroxyl groups excluding tert-OH is 1. The summed E-state index contributed by atoms with van der Waals surface area (Å²) in [7, 11) is -4.17. The van der Waals surface area contributed by atoms with Gasteiger partial charge in [-0.1, -0.05) is 59.3 Å². The van der Waals surface area contributed by atoms with Gasteiger partial charge in [-0.25, -0.2) is 4.99 Å². The lowest BCUT2D eigenvalue weighted by Gasteiger charge is -2.59. The van der Waals surface area contributed by atoms with Crippen molar-refractivity contribution in [3.63, 3.8) is 0 Å². The Balaban J connectivity index is 1.73. The van der Waals surface area contributed by atoms with Crippen molar-refractivity contribution in [2.24, 2.45) is 34.8 Å². The zero-order valence-corrected chi connectivity index (χ0v) is 22.4. The van der Waals surface area contributed by atoms with Crippen molar-refractivity contribution >= 4 is 22.1 Å². The lowest BCUT2D eigenvalue weighted by atomic mass is 9.45. The summed E-state index contributed by atoms with van der Waals surface area (Å²) in [6.45, 7) is 7.28. The maximum absolute atomic E-state index is 13.0. The van der Waals surface area contributed by atoms with Crippen LogP contribution in [0, 0.1) is 29.1 Å². The van der Waals surface area contributed by atoms with Crippen molar-refractivity contribution in [1.82, 2.24) is 9.44 Å². The molecule has 9 nitrogen and oxygen atoms in total. The van der Waals surface area contributed by atoms with Gasteiger partial charge in [0.2, 0.25) is 0 Å². The first-order valence-electron chi connectivity index (χ1n) is 13.5. The first-order chi connectivity index (χ1) is 16.4. The molecule has 0 amide bonds. The minimum absolute atomic E-state index is 0.0492. The highest BCUT2D eigenvalue weighted by atomic mass is 32.2. The van der Waals surface area contributed by atoms with Crippen LogP contribution in [0.15, 0.2) is 0 Å². The van der Waals surface area contributed by atoms with Crippen molar-refractivity contribution < 1.29 is 28.4 Å². The van der Waals surface area contributed by atoms with Crippen molar-refractivity contribution in [3.8, 4) is 0 Å². The van der Waals surface area contributed by atoms with Gasteiger partial charge >= 0.3 is 11.9 Å². The molecule has 4 aliphatic carbocycles. The molecule has 0 unspecified atom stereocenters. The number of carboxylic acids is 1. The summed E-state index contributed by atoms with van der Waals surface area (Å²) in [5.74, 6) is 0.616. The van der Waals surface area contributed by atoms with Gasteiger partial charge in [0, 0.05) is 12.3 Å². The van der Waals surface area contributed by atoms with Crippen LogP contribution in [0.3, 0.4) is 0 Å². The number of carbonyl (C=O) groups is 1. The molecule has 0 aromatic carbocycles. The number of nitrogens with one attached hydrogen (secondary N) is 3. The Bertz CT molecular complexity index is 856. The smallest absolute Gasteiger partial charge is 0.351 e. The Kier molecular flexibility index (Phi) is 9.62. The van der Waals surface area contributed by atoms with E-state index < -0.39 is 28.3 Å². The van der Waals surface area contributed by atoms with E-state index in [0.29, 0.717) is 54.9 Å². The van der Waals surface area contributed by atoms with E-state index in [2.05, 4.69) is 35.2 Å². The Morgan fingerprint density at radius 2 is 1.74 bits per heavy atom. The molecule has 4 fully saturated rings. The molecule has 4 rings (SSSR count). The topological polar surface area (TPSA) is 156 Å². The zero-order chi connectivity index (χ0) is 25.8. The Labute approximate surface area is 210 Å². The van der Waals surface area contributed by atoms with Crippen LogP contribution < -0.4 is 20.2 Å². The second-order valence-corrected chi connectivity index (χ2v) is 13.3. The van der Waals surface area contributed by atoms with E-state index in [1.54, 1.807) is 0 Å². The van der Waals surface area contributed by atoms with Crippen LogP contribution in [0.25, 0.3) is 0 Å². The highest BCUT2D eigenvalue weighted by Gasteiger charge is 2.58. The van der Waals surface area contributed by atoms with E-state index >= 15 is 0 Å². The SMILES string of the molecule is C[C@@H]1[C@@H]([NH+]=C(O)[C@H](CC2CCCCC2)NS(=O)(=O)N[C@@H](CCCCN)C(=O)O)C[C@H]2C[C@@H]1C2(C)C. The number of fused-ring (bicyclic) bond motifs is 2. The Morgan fingerprint density at radius 1 is 1.09 bits per heavy atom. The predicted molar refractivity (Wildman–Crippen MR) is 136 cm³/mol. The van der Waals surface area contributed by atoms with Crippen LogP contribution in [0.1, 0.15) is 91.4 Å². The van der Waals surface area contributed by atoms with Gasteiger partial charge in [-0.2, -0.15) is 17.9 Å². The molecule has 0 aromatic heterocycles. The molecule has 202 valence electrons. The van der Waals surface area contributed by atoms with E-state index in [-0.39, 0.29) is 18.4 Å². The van der Waals surface area contributed by atoms with Gasteiger partial charge in [-0.05, 0) is 55.4 Å². The molecule has 0 saturated heterocycles. The highest BCUT2D eigenvalue weighted by Crippen LogP contribution is 2.60. The standard InChI is InChI=1S/C25H46N4O5S/c1-16-19-14-18(25(19,2)3)15-21(16)27-23(30)22(13-17-9-5-4-6-10-17)29-35(33,34)28-20(24(31)32)11-7-8-12-26/h16-22,28-29H,4-15,26H2,1-3H3,(H,27,30)(H,31,32)/p+1/t16-,18+,19-,20-,21-,22-/m0/s1. The number of carboxylic acid groups (broad SMARTS) is 1. The second kappa shape index (κ2) is 11.9. The maximum atomic E-state index is 13.0. The van der Waals surface area contributed by atoms with E-state index in [9.17, 15) is 23.4 Å². The van der Waals surface area contributed by atoms with Gasteiger partial charge in [0.1, 0.15) is 12.1 Å². The third kappa shape index (κ3) is 7.17. The lowest BCUT2D eigenvalue weighted by molar-refractivity contribution is -0.540. The minimum Gasteiger partial charge on any atom is -0.480 e. The molecule has 7 N–H and O–H groups in total. The van der Waals surface area contributed by atoms with Crippen LogP contribution in [0.4, 0.5) is 0 Å². The Morgan fingerprint density at radius 3 is 2.31 bits per heavy atom. The summed E-state index contributed by atoms with van der Waals surface area (Å²) in [6.07, 6.45) is 9.38. The molecule has 4 saturated carbocycles. The van der Waals surface area contributed by atoms with Crippen molar-refractivity contribution in [2.75, 3.05) is 6.54 Å². The predicted octanol–water partition coefficient (Wildman–Crippen LogP) is 1.44. The van der Waals surface area contributed by atoms with Crippen LogP contribution >= 0.6 is 0 Å². The molecule has 0 heterocycles. The first kappa shape index (κ1) is 28.3. The summed E-state index contributed by atoms with van der Waals surface area (Å²) in [5, 5.41) is 20.6. The Hall–Kier alpha value is -1.23. The van der Waals surface area contributed by atoms with Gasteiger partial charge in [0.25, 0.3) is 10.2 Å². The third-order valence-electron chi connectivity index (χ3n) is 9.15. The number of nitrogens with two attached hydrogens (primary N) is 1. The molecule has 0 aliphatic heterocycles. The van der Waals surface area contributed by atoms with E-state index in [4.69, 9.17) is 5.73 Å². The summed E-state index contributed by atoms with van der Waals surface area (Å²) >= 11 is 0. The molecule has 0 radical (unpaired) electrons. The van der Waals surface area contributed by atoms with E-state index in [1.165, 1.54) is 12.8 Å². The second-order valence-electron chi connectivity index (χ2n) is 11.8. The number of hydrogen-bond acceptors (Lipinski definition) is 4. The van der Waals surface area contributed by atoms with Crippen LogP contribution in [-0.4, -0.2) is 55.2 Å². The van der Waals surface area contributed by atoms with Crippen molar-refractivity contribution in [3.05, 3.63) is 0 Å². The van der Waals surface area contributed by atoms with Gasteiger partial charge in [-0.3, -0.25) is 4.79 Å². The number of hydrogen-bond donors (Lipinski definition) is 6. The third-order valence-corrected chi connectivity index (χ3v) is 10.3. The zero-order valence-electron chi connectivity index (χ0n) is 21.6. The van der Waals surface area contributed by atoms with Crippen molar-refractivity contribution in [2.45, 2.75) is 110 Å². The quantitative estimate of drug-likeness (QED) is 0.124. The molecular formula is C25H47N4O5S+. The molecular weight excluding hydrogens is 468 g/mol. The molecule has 0 aromatic rings. The average Bonchev–Trinajstić information content (AvgIpc) is 2.79. The van der Waals surface area contributed by atoms with Crippen molar-refractivity contribution in [1.29, 1.82) is 0 Å². The normalized spacial score (nSPS) is 30.9. The van der Waals surface area contributed by atoms with E-state index in [0.717, 1.165) is 32.1 Å². The first-order valence-corrected chi connectivity index (χ1v) is 15.0. The number of unbranched alkanes of at least 4 members (excludes halogenated alkanes) is 1. The molecule has 0 spiro atoms. The monoisotopic (exact) mass is 515 g/mol. The largest absolute Gasteiger partial charge is 0.480 e. The fraction of sp³-hybridized carbons (Fsp3) is 0.920. The van der Waals surface area contributed by atoms with Gasteiger partial charge in [-0.15, -0.1) is 0 Å². The molecule has 4 aliphatic rings. The van der Waals surface area contributed by atoms with Crippen LogP contribution in [0.5, 0.6) is 0 Å². The average molecular weight is 516 g/mol. The summed E-state index contributed by atoms with van der Waals surface area (Å²) in [4.78, 5) is 14.9. The van der Waals surface area contributed by atoms with Crippen LogP contribution in [0.2, 0.25) is 0 Å². The lowest BCUT2D eigenvalue weighted by Crippen LogP contribution is -2.87. The maximum Gasteiger partial charge on any atom is 0.351 e. The number of aliphatic hydroxyl groups is 1. The van der Waals surface area contributed by atoms with E-state index in [1.807, 2.05) is 0 Å². The molecule has 2 bridgehead atoms. The van der Waals surface area contributed by atoms with Crippen LogP contribution in [-0.2, 0) is 15.0 Å². The van der Waals surface area contributed by atoms with Gasteiger partial charge in [0.05, 0.1) is 0 Å². The molecule has 10 heteroatoms.